The first-order valence-electron chi connectivity index (χ1n) is 9.48. The van der Waals surface area contributed by atoms with E-state index < -0.39 is 11.8 Å². The van der Waals surface area contributed by atoms with Crippen LogP contribution in [0.15, 0.2) is 73.1 Å². The van der Waals surface area contributed by atoms with Gasteiger partial charge in [0.05, 0.1) is 11.1 Å². The second kappa shape index (κ2) is 7.75. The summed E-state index contributed by atoms with van der Waals surface area (Å²) in [5, 5.41) is 1.48. The number of aromatic nitrogens is 2. The third-order valence-electron chi connectivity index (χ3n) is 5.00. The van der Waals surface area contributed by atoms with E-state index >= 15 is 0 Å². The fraction of sp³-hybridized carbons (Fsp3) is 0.0833. The molecule has 2 amide bonds. The molecule has 0 radical (unpaired) electrons. The molecule has 0 saturated heterocycles. The van der Waals surface area contributed by atoms with Gasteiger partial charge in [-0.15, -0.1) is 0 Å². The molecule has 2 aromatic carbocycles. The smallest absolute Gasteiger partial charge is 0.266 e. The molecule has 0 aliphatic heterocycles. The zero-order valence-corrected chi connectivity index (χ0v) is 16.7. The molecule has 4 rings (SSSR count). The number of nitrogens with zero attached hydrogens (tertiary/aromatic N) is 3. The molecular weight excluding hydrogens is 376 g/mol. The molecule has 4 aromatic rings. The molecule has 30 heavy (non-hydrogen) atoms. The summed E-state index contributed by atoms with van der Waals surface area (Å²) >= 11 is 0. The molecule has 2 N–H and O–H groups in total. The van der Waals surface area contributed by atoms with Crippen LogP contribution in [0, 0.1) is 13.8 Å². The largest absolute Gasteiger partial charge is 0.366 e. The Morgan fingerprint density at radius 1 is 0.800 bits per heavy atom. The lowest BCUT2D eigenvalue weighted by Gasteiger charge is -2.25. The van der Waals surface area contributed by atoms with Crippen molar-refractivity contribution in [3.05, 3.63) is 95.3 Å². The highest BCUT2D eigenvalue weighted by Crippen LogP contribution is 2.32. The molecule has 6 nitrogen and oxygen atoms in total. The van der Waals surface area contributed by atoms with Crippen LogP contribution in [-0.2, 0) is 0 Å². The van der Waals surface area contributed by atoms with Gasteiger partial charge in [0.1, 0.15) is 11.6 Å². The quantitative estimate of drug-likeness (QED) is 0.556. The molecule has 148 valence electrons. The Bertz CT molecular complexity index is 1240. The Labute approximate surface area is 174 Å². The number of anilines is 2. The van der Waals surface area contributed by atoms with Crippen LogP contribution in [0.3, 0.4) is 0 Å². The van der Waals surface area contributed by atoms with Gasteiger partial charge in [-0.25, -0.2) is 14.9 Å². The lowest BCUT2D eigenvalue weighted by molar-refractivity contribution is 0.0967. The van der Waals surface area contributed by atoms with Crippen molar-refractivity contribution >= 4 is 34.2 Å². The van der Waals surface area contributed by atoms with Gasteiger partial charge in [0.25, 0.3) is 5.91 Å². The molecule has 2 aromatic heterocycles. The van der Waals surface area contributed by atoms with E-state index in [0.29, 0.717) is 17.0 Å². The van der Waals surface area contributed by atoms with E-state index in [1.165, 1.54) is 4.90 Å². The summed E-state index contributed by atoms with van der Waals surface area (Å²) in [6, 6.07) is 18.1. The van der Waals surface area contributed by atoms with Gasteiger partial charge in [0, 0.05) is 12.4 Å². The lowest BCUT2D eigenvalue weighted by Crippen LogP contribution is -2.31. The van der Waals surface area contributed by atoms with Gasteiger partial charge in [-0.05, 0) is 53.9 Å². The predicted molar refractivity (Wildman–Crippen MR) is 117 cm³/mol. The Morgan fingerprint density at radius 2 is 1.40 bits per heavy atom. The molecule has 0 aliphatic carbocycles. The topological polar surface area (TPSA) is 89.2 Å². The minimum Gasteiger partial charge on any atom is -0.366 e. The second-order valence-corrected chi connectivity index (χ2v) is 7.00. The van der Waals surface area contributed by atoms with Crippen molar-refractivity contribution in [3.63, 3.8) is 0 Å². The number of amides is 2. The highest BCUT2D eigenvalue weighted by molar-refractivity contribution is 6.22. The van der Waals surface area contributed by atoms with E-state index in [-0.39, 0.29) is 11.1 Å². The Kier molecular flexibility index (Phi) is 4.98. The molecular formula is C24H20N4O2. The van der Waals surface area contributed by atoms with Crippen LogP contribution in [0.1, 0.15) is 31.8 Å². The van der Waals surface area contributed by atoms with E-state index in [1.54, 1.807) is 36.7 Å². The van der Waals surface area contributed by atoms with E-state index in [2.05, 4.69) is 9.97 Å². The highest BCUT2D eigenvalue weighted by atomic mass is 16.2. The fourth-order valence-electron chi connectivity index (χ4n) is 3.53. The first-order valence-corrected chi connectivity index (χ1v) is 9.48. The van der Waals surface area contributed by atoms with Gasteiger partial charge < -0.3 is 5.73 Å². The van der Waals surface area contributed by atoms with Crippen molar-refractivity contribution < 1.29 is 9.59 Å². The zero-order chi connectivity index (χ0) is 21.3. The van der Waals surface area contributed by atoms with Crippen LogP contribution in [0.5, 0.6) is 0 Å². The molecule has 0 atom stereocenters. The average molecular weight is 396 g/mol. The monoisotopic (exact) mass is 396 g/mol. The fourth-order valence-corrected chi connectivity index (χ4v) is 3.53. The van der Waals surface area contributed by atoms with Crippen LogP contribution in [0.25, 0.3) is 10.8 Å². The van der Waals surface area contributed by atoms with Crippen LogP contribution >= 0.6 is 0 Å². The number of hydrogen-bond acceptors (Lipinski definition) is 4. The van der Waals surface area contributed by atoms with Crippen LogP contribution < -0.4 is 10.6 Å². The number of fused-ring (bicyclic) bond motifs is 1. The summed E-state index contributed by atoms with van der Waals surface area (Å²) in [5.74, 6) is -0.177. The van der Waals surface area contributed by atoms with Crippen LogP contribution in [0.4, 0.5) is 11.6 Å². The number of primary amides is 1. The number of benzene rings is 2. The zero-order valence-electron chi connectivity index (χ0n) is 16.7. The van der Waals surface area contributed by atoms with Gasteiger partial charge in [0.15, 0.2) is 0 Å². The maximum atomic E-state index is 14.0. The van der Waals surface area contributed by atoms with Gasteiger partial charge in [0.2, 0.25) is 5.91 Å². The number of carbonyl (C=O) groups excluding carboxylic acids is 2. The number of pyridine rings is 2. The summed E-state index contributed by atoms with van der Waals surface area (Å²) in [7, 11) is 0. The van der Waals surface area contributed by atoms with E-state index in [4.69, 9.17) is 5.73 Å². The SMILES string of the molecule is Cc1cccnc1N(C(=O)c1c(C(N)=O)ccc2ccccc12)c1ncccc1C. The van der Waals surface area contributed by atoms with Gasteiger partial charge in [-0.3, -0.25) is 9.59 Å². The van der Waals surface area contributed by atoms with Gasteiger partial charge >= 0.3 is 0 Å². The van der Waals surface area contributed by atoms with E-state index in [0.717, 1.165) is 16.5 Å². The Balaban J connectivity index is 2.03. The first kappa shape index (κ1) is 19.3. The minimum absolute atomic E-state index is 0.158. The lowest BCUT2D eigenvalue weighted by atomic mass is 9.97. The van der Waals surface area contributed by atoms with Crippen molar-refractivity contribution in [2.45, 2.75) is 13.8 Å². The summed E-state index contributed by atoms with van der Waals surface area (Å²) in [5.41, 5.74) is 7.64. The summed E-state index contributed by atoms with van der Waals surface area (Å²) in [4.78, 5) is 36.6. The second-order valence-electron chi connectivity index (χ2n) is 7.00. The number of rotatable bonds is 4. The third-order valence-corrected chi connectivity index (χ3v) is 5.00. The van der Waals surface area contributed by atoms with Crippen LogP contribution in [0.2, 0.25) is 0 Å². The Hall–Kier alpha value is -4.06. The molecule has 0 spiro atoms. The highest BCUT2D eigenvalue weighted by Gasteiger charge is 2.29. The Morgan fingerprint density at radius 3 is 1.97 bits per heavy atom. The average Bonchev–Trinajstić information content (AvgIpc) is 2.75. The predicted octanol–water partition coefficient (Wildman–Crippen LogP) is 4.32. The van der Waals surface area contributed by atoms with Crippen molar-refractivity contribution in [2.24, 2.45) is 5.73 Å². The standard InChI is InChI=1S/C24H20N4O2/c1-15-7-5-13-26-22(15)28(23-16(2)8-6-14-27-23)24(30)20-18-10-4-3-9-17(18)11-12-19(20)21(25)29/h3-14H,1-2H3,(H2,25,29). The van der Waals surface area contributed by atoms with Crippen molar-refractivity contribution in [1.82, 2.24) is 9.97 Å². The molecule has 0 unspecified atom stereocenters. The van der Waals surface area contributed by atoms with Crippen molar-refractivity contribution in [3.8, 4) is 0 Å². The molecule has 2 heterocycles. The first-order chi connectivity index (χ1) is 14.5. The van der Waals surface area contributed by atoms with Crippen molar-refractivity contribution in [1.29, 1.82) is 0 Å². The molecule has 0 saturated carbocycles. The van der Waals surface area contributed by atoms with E-state index in [1.807, 2.05) is 50.2 Å². The molecule has 0 bridgehead atoms. The van der Waals surface area contributed by atoms with Crippen molar-refractivity contribution in [2.75, 3.05) is 4.90 Å². The van der Waals surface area contributed by atoms with Crippen LogP contribution in [-0.4, -0.2) is 21.8 Å². The van der Waals surface area contributed by atoms with Gasteiger partial charge in [-0.2, -0.15) is 0 Å². The molecule has 0 aliphatic rings. The maximum Gasteiger partial charge on any atom is 0.266 e. The summed E-state index contributed by atoms with van der Waals surface area (Å²) in [6.07, 6.45) is 3.25. The number of aryl methyl sites for hydroxylation is 2. The maximum absolute atomic E-state index is 14.0. The number of carbonyl (C=O) groups is 2. The molecule has 0 fully saturated rings. The number of nitrogens with two attached hydrogens (primary N) is 1. The molecule has 6 heteroatoms. The number of hydrogen-bond donors (Lipinski definition) is 1. The summed E-state index contributed by atoms with van der Waals surface area (Å²) in [6.45, 7) is 3.75. The summed E-state index contributed by atoms with van der Waals surface area (Å²) < 4.78 is 0. The normalized spacial score (nSPS) is 10.7. The third kappa shape index (κ3) is 3.28. The minimum atomic E-state index is -0.667. The van der Waals surface area contributed by atoms with E-state index in [9.17, 15) is 9.59 Å². The van der Waals surface area contributed by atoms with Gasteiger partial charge in [-0.1, -0.05) is 42.5 Å².